The normalized spacial score (nSPS) is 10.9. The second-order valence-electron chi connectivity index (χ2n) is 4.01. The van der Waals surface area contributed by atoms with Crippen LogP contribution in [0.3, 0.4) is 0 Å². The maximum absolute atomic E-state index is 11.2. The van der Waals surface area contributed by atoms with Crippen LogP contribution in [0.4, 0.5) is 10.7 Å². The van der Waals surface area contributed by atoms with Gasteiger partial charge in [-0.15, -0.1) is 0 Å². The molecule has 0 aliphatic carbocycles. The number of carbonyl (C=O) groups is 2. The van der Waals surface area contributed by atoms with Gasteiger partial charge in [0, 0.05) is 6.07 Å². The minimum absolute atomic E-state index is 0.0772. The SMILES string of the molecule is CC(C)(C)OC(=O)Nc1cc(C(=O)O)no1. The fourth-order valence-corrected chi connectivity index (χ4v) is 0.839. The molecule has 1 rings (SSSR count). The van der Waals surface area contributed by atoms with E-state index in [-0.39, 0.29) is 11.6 Å². The summed E-state index contributed by atoms with van der Waals surface area (Å²) in [4.78, 5) is 21.7. The number of hydrogen-bond acceptors (Lipinski definition) is 5. The molecule has 0 spiro atoms. The maximum Gasteiger partial charge on any atom is 0.414 e. The molecule has 0 unspecified atom stereocenters. The molecule has 1 amide bonds. The number of rotatable bonds is 2. The number of carboxylic acid groups (broad SMARTS) is 1. The molecular weight excluding hydrogens is 216 g/mol. The lowest BCUT2D eigenvalue weighted by Gasteiger charge is -2.18. The van der Waals surface area contributed by atoms with E-state index in [1.807, 2.05) is 0 Å². The Morgan fingerprint density at radius 1 is 1.50 bits per heavy atom. The van der Waals surface area contributed by atoms with Crippen LogP contribution in [0.25, 0.3) is 0 Å². The first-order valence-corrected chi connectivity index (χ1v) is 4.48. The van der Waals surface area contributed by atoms with Crippen molar-refractivity contribution in [1.82, 2.24) is 5.16 Å². The van der Waals surface area contributed by atoms with Crippen LogP contribution in [0.5, 0.6) is 0 Å². The molecule has 1 aromatic rings. The number of carbonyl (C=O) groups excluding carboxylic acids is 1. The molecule has 0 aromatic carbocycles. The summed E-state index contributed by atoms with van der Waals surface area (Å²) in [5.74, 6) is -1.31. The summed E-state index contributed by atoms with van der Waals surface area (Å²) < 4.78 is 9.49. The molecule has 88 valence electrons. The number of nitrogens with one attached hydrogen (secondary N) is 1. The largest absolute Gasteiger partial charge is 0.476 e. The lowest BCUT2D eigenvalue weighted by atomic mass is 10.2. The molecule has 0 fully saturated rings. The van der Waals surface area contributed by atoms with Crippen molar-refractivity contribution < 1.29 is 24.0 Å². The van der Waals surface area contributed by atoms with Crippen LogP contribution in [0.15, 0.2) is 10.6 Å². The number of amides is 1. The van der Waals surface area contributed by atoms with Crippen LogP contribution in [-0.2, 0) is 4.74 Å². The van der Waals surface area contributed by atoms with Crippen molar-refractivity contribution in [2.75, 3.05) is 5.32 Å². The Hall–Kier alpha value is -2.05. The van der Waals surface area contributed by atoms with E-state index < -0.39 is 17.7 Å². The van der Waals surface area contributed by atoms with E-state index in [4.69, 9.17) is 9.84 Å². The van der Waals surface area contributed by atoms with E-state index in [0.29, 0.717) is 0 Å². The van der Waals surface area contributed by atoms with Gasteiger partial charge < -0.3 is 14.4 Å². The molecule has 2 N–H and O–H groups in total. The second-order valence-corrected chi connectivity index (χ2v) is 4.01. The van der Waals surface area contributed by atoms with E-state index >= 15 is 0 Å². The second kappa shape index (κ2) is 4.21. The number of ether oxygens (including phenoxy) is 1. The standard InChI is InChI=1S/C9H12N2O5/c1-9(2,3)15-8(14)10-6-4-5(7(12)13)11-16-6/h4H,1-3H3,(H,10,14)(H,12,13). The van der Waals surface area contributed by atoms with Crippen LogP contribution >= 0.6 is 0 Å². The van der Waals surface area contributed by atoms with Crippen molar-refractivity contribution in [3.63, 3.8) is 0 Å². The highest BCUT2D eigenvalue weighted by atomic mass is 16.6. The zero-order valence-corrected chi connectivity index (χ0v) is 9.10. The number of nitrogens with zero attached hydrogens (tertiary/aromatic N) is 1. The topological polar surface area (TPSA) is 102 Å². The fraction of sp³-hybridized carbons (Fsp3) is 0.444. The number of anilines is 1. The van der Waals surface area contributed by atoms with Gasteiger partial charge in [-0.1, -0.05) is 5.16 Å². The van der Waals surface area contributed by atoms with Gasteiger partial charge in [0.2, 0.25) is 5.88 Å². The lowest BCUT2D eigenvalue weighted by Crippen LogP contribution is -2.27. The molecular formula is C9H12N2O5. The lowest BCUT2D eigenvalue weighted by molar-refractivity contribution is 0.0630. The van der Waals surface area contributed by atoms with E-state index in [1.165, 1.54) is 0 Å². The number of aromatic nitrogens is 1. The number of aromatic carboxylic acids is 1. The Bertz CT molecular complexity index is 404. The van der Waals surface area contributed by atoms with E-state index in [2.05, 4.69) is 15.0 Å². The minimum atomic E-state index is -1.24. The molecule has 16 heavy (non-hydrogen) atoms. The van der Waals surface area contributed by atoms with Crippen molar-refractivity contribution in [2.24, 2.45) is 0 Å². The minimum Gasteiger partial charge on any atom is -0.476 e. The highest BCUT2D eigenvalue weighted by Gasteiger charge is 2.18. The van der Waals surface area contributed by atoms with E-state index in [9.17, 15) is 9.59 Å². The molecule has 7 nitrogen and oxygen atoms in total. The number of hydrogen-bond donors (Lipinski definition) is 2. The fourth-order valence-electron chi connectivity index (χ4n) is 0.839. The molecule has 1 heterocycles. The quantitative estimate of drug-likeness (QED) is 0.799. The smallest absolute Gasteiger partial charge is 0.414 e. The summed E-state index contributed by atoms with van der Waals surface area (Å²) >= 11 is 0. The summed E-state index contributed by atoms with van der Waals surface area (Å²) in [6, 6.07) is 1.09. The van der Waals surface area contributed by atoms with Crippen LogP contribution in [0.2, 0.25) is 0 Å². The molecule has 0 aliphatic rings. The van der Waals surface area contributed by atoms with Crippen molar-refractivity contribution in [3.05, 3.63) is 11.8 Å². The first kappa shape index (κ1) is 12.0. The van der Waals surface area contributed by atoms with Crippen molar-refractivity contribution in [1.29, 1.82) is 0 Å². The maximum atomic E-state index is 11.2. The third-order valence-corrected chi connectivity index (χ3v) is 1.35. The van der Waals surface area contributed by atoms with Gasteiger partial charge in [0.25, 0.3) is 0 Å². The van der Waals surface area contributed by atoms with Crippen LogP contribution in [0.1, 0.15) is 31.3 Å². The van der Waals surface area contributed by atoms with E-state index in [1.54, 1.807) is 20.8 Å². The summed E-state index contributed by atoms with van der Waals surface area (Å²) in [6.45, 7) is 5.11. The first-order chi connectivity index (χ1) is 7.28. The van der Waals surface area contributed by atoms with Gasteiger partial charge in [-0.25, -0.2) is 9.59 Å². The summed E-state index contributed by atoms with van der Waals surface area (Å²) in [5, 5.41) is 14.0. The summed E-state index contributed by atoms with van der Waals surface area (Å²) in [7, 11) is 0. The van der Waals surface area contributed by atoms with Gasteiger partial charge in [0.1, 0.15) is 5.60 Å². The summed E-state index contributed by atoms with van der Waals surface area (Å²) in [5.41, 5.74) is -0.925. The molecule has 0 aliphatic heterocycles. The molecule has 0 bridgehead atoms. The Morgan fingerprint density at radius 2 is 2.12 bits per heavy atom. The molecule has 1 aromatic heterocycles. The molecule has 0 saturated heterocycles. The highest BCUT2D eigenvalue weighted by molar-refractivity contribution is 5.88. The van der Waals surface area contributed by atoms with Crippen LogP contribution in [-0.4, -0.2) is 27.9 Å². The summed E-state index contributed by atoms with van der Waals surface area (Å²) in [6.07, 6.45) is -0.736. The molecule has 0 atom stereocenters. The van der Waals surface area contributed by atoms with Crippen LogP contribution in [0, 0.1) is 0 Å². The zero-order chi connectivity index (χ0) is 12.3. The average molecular weight is 228 g/mol. The molecule has 0 saturated carbocycles. The van der Waals surface area contributed by atoms with E-state index in [0.717, 1.165) is 6.07 Å². The third kappa shape index (κ3) is 3.60. The van der Waals surface area contributed by atoms with Crippen LogP contribution < -0.4 is 5.32 Å². The monoisotopic (exact) mass is 228 g/mol. The predicted octanol–water partition coefficient (Wildman–Crippen LogP) is 1.72. The average Bonchev–Trinajstić information content (AvgIpc) is 2.48. The van der Waals surface area contributed by atoms with Gasteiger partial charge in [-0.3, -0.25) is 5.32 Å². The highest BCUT2D eigenvalue weighted by Crippen LogP contribution is 2.12. The third-order valence-electron chi connectivity index (χ3n) is 1.35. The number of carboxylic acids is 1. The van der Waals surface area contributed by atoms with Crippen molar-refractivity contribution >= 4 is 17.9 Å². The van der Waals surface area contributed by atoms with Crippen molar-refractivity contribution in [3.8, 4) is 0 Å². The zero-order valence-electron chi connectivity index (χ0n) is 9.10. The molecule has 7 heteroatoms. The Balaban J connectivity index is 2.60. The Labute approximate surface area is 91.4 Å². The van der Waals surface area contributed by atoms with Gasteiger partial charge in [0.15, 0.2) is 5.69 Å². The van der Waals surface area contributed by atoms with Gasteiger partial charge in [-0.2, -0.15) is 0 Å². The molecule has 0 radical (unpaired) electrons. The Morgan fingerprint density at radius 3 is 2.56 bits per heavy atom. The van der Waals surface area contributed by atoms with Gasteiger partial charge >= 0.3 is 12.1 Å². The van der Waals surface area contributed by atoms with Gasteiger partial charge in [-0.05, 0) is 20.8 Å². The van der Waals surface area contributed by atoms with Crippen molar-refractivity contribution in [2.45, 2.75) is 26.4 Å². The van der Waals surface area contributed by atoms with Gasteiger partial charge in [0.05, 0.1) is 0 Å². The predicted molar refractivity (Wildman–Crippen MR) is 53.3 cm³/mol. The Kier molecular flexibility index (Phi) is 3.17. The first-order valence-electron chi connectivity index (χ1n) is 4.48.